The lowest BCUT2D eigenvalue weighted by atomic mass is 10.2. The Balaban J connectivity index is 1.47. The molecule has 0 aliphatic carbocycles. The summed E-state index contributed by atoms with van der Waals surface area (Å²) in [5, 5.41) is 4.73. The van der Waals surface area contributed by atoms with Gasteiger partial charge in [-0.15, -0.1) is 0 Å². The van der Waals surface area contributed by atoms with Crippen LogP contribution in [0.4, 0.5) is 5.69 Å². The SMILES string of the molecule is Cc1ccccc1-n1c(C)cc(/C=N\NC(=O)c2ccc(N(Cc3ccc(Cl)cc3)S(C)(=O)=O)cc2)c1C. The van der Waals surface area contributed by atoms with Crippen LogP contribution in [0.3, 0.4) is 0 Å². The summed E-state index contributed by atoms with van der Waals surface area (Å²) in [6.07, 6.45) is 2.77. The fraction of sp³-hybridized carbons (Fsp3) is 0.172. The Hall–Kier alpha value is -3.88. The smallest absolute Gasteiger partial charge is 0.271 e. The number of hydrazone groups is 1. The Bertz CT molecular complexity index is 1590. The topological polar surface area (TPSA) is 83.8 Å². The maximum atomic E-state index is 12.7. The fourth-order valence-corrected chi connectivity index (χ4v) is 5.28. The molecule has 9 heteroatoms. The number of aryl methyl sites for hydroxylation is 2. The van der Waals surface area contributed by atoms with Crippen molar-refractivity contribution in [2.45, 2.75) is 27.3 Å². The first kappa shape index (κ1) is 27.2. The largest absolute Gasteiger partial charge is 0.318 e. The van der Waals surface area contributed by atoms with Gasteiger partial charge in [0.2, 0.25) is 10.0 Å². The average Bonchev–Trinajstić information content (AvgIpc) is 3.16. The van der Waals surface area contributed by atoms with E-state index in [9.17, 15) is 13.2 Å². The normalized spacial score (nSPS) is 11.6. The Morgan fingerprint density at radius 1 is 1.00 bits per heavy atom. The molecule has 0 fully saturated rings. The van der Waals surface area contributed by atoms with Crippen LogP contribution in [0, 0.1) is 20.8 Å². The van der Waals surface area contributed by atoms with Gasteiger partial charge in [0.25, 0.3) is 5.91 Å². The highest BCUT2D eigenvalue weighted by molar-refractivity contribution is 7.92. The Labute approximate surface area is 228 Å². The summed E-state index contributed by atoms with van der Waals surface area (Å²) < 4.78 is 28.4. The molecule has 0 atom stereocenters. The van der Waals surface area contributed by atoms with E-state index in [1.165, 1.54) is 4.31 Å². The number of amides is 1. The zero-order valence-corrected chi connectivity index (χ0v) is 23.2. The average molecular weight is 549 g/mol. The minimum atomic E-state index is -3.56. The van der Waals surface area contributed by atoms with E-state index in [0.717, 1.165) is 40.0 Å². The molecule has 0 saturated carbocycles. The van der Waals surface area contributed by atoms with Gasteiger partial charge in [-0.2, -0.15) is 5.10 Å². The molecule has 1 heterocycles. The Morgan fingerprint density at radius 2 is 1.66 bits per heavy atom. The van der Waals surface area contributed by atoms with Crippen molar-refractivity contribution in [3.8, 4) is 5.69 Å². The lowest BCUT2D eigenvalue weighted by Crippen LogP contribution is -2.29. The van der Waals surface area contributed by atoms with E-state index < -0.39 is 15.9 Å². The quantitative estimate of drug-likeness (QED) is 0.223. The van der Waals surface area contributed by atoms with Gasteiger partial charge in [-0.1, -0.05) is 41.9 Å². The molecule has 38 heavy (non-hydrogen) atoms. The highest BCUT2D eigenvalue weighted by Gasteiger charge is 2.18. The number of rotatable bonds is 8. The first-order valence-electron chi connectivity index (χ1n) is 11.9. The fourth-order valence-electron chi connectivity index (χ4n) is 4.26. The predicted octanol–water partition coefficient (Wildman–Crippen LogP) is 5.79. The number of nitrogens with one attached hydrogen (secondary N) is 1. The molecule has 0 bridgehead atoms. The summed E-state index contributed by atoms with van der Waals surface area (Å²) in [5.74, 6) is -0.399. The van der Waals surface area contributed by atoms with Gasteiger partial charge in [-0.05, 0) is 80.4 Å². The third-order valence-corrected chi connectivity index (χ3v) is 7.65. The molecule has 0 spiro atoms. The van der Waals surface area contributed by atoms with E-state index in [1.54, 1.807) is 54.7 Å². The summed E-state index contributed by atoms with van der Waals surface area (Å²) in [6, 6.07) is 23.5. The van der Waals surface area contributed by atoms with Gasteiger partial charge in [-0.3, -0.25) is 9.10 Å². The van der Waals surface area contributed by atoms with E-state index in [1.807, 2.05) is 32.0 Å². The first-order valence-corrected chi connectivity index (χ1v) is 14.2. The number of hydrogen-bond donors (Lipinski definition) is 1. The Kier molecular flexibility index (Phi) is 8.04. The van der Waals surface area contributed by atoms with Crippen molar-refractivity contribution in [3.63, 3.8) is 0 Å². The zero-order valence-electron chi connectivity index (χ0n) is 21.6. The Morgan fingerprint density at radius 3 is 2.29 bits per heavy atom. The number of carbonyl (C=O) groups is 1. The number of para-hydroxylation sites is 1. The van der Waals surface area contributed by atoms with Gasteiger partial charge in [0.15, 0.2) is 0 Å². The minimum absolute atomic E-state index is 0.146. The molecule has 4 rings (SSSR count). The summed E-state index contributed by atoms with van der Waals surface area (Å²) in [7, 11) is -3.56. The van der Waals surface area contributed by atoms with E-state index in [0.29, 0.717) is 16.3 Å². The third-order valence-electron chi connectivity index (χ3n) is 6.25. The zero-order chi connectivity index (χ0) is 27.4. The van der Waals surface area contributed by atoms with Gasteiger partial charge in [-0.25, -0.2) is 13.8 Å². The van der Waals surface area contributed by atoms with Crippen molar-refractivity contribution in [2.75, 3.05) is 10.6 Å². The molecule has 0 unspecified atom stereocenters. The van der Waals surface area contributed by atoms with Crippen molar-refractivity contribution in [1.29, 1.82) is 0 Å². The molecule has 1 N–H and O–H groups in total. The van der Waals surface area contributed by atoms with Gasteiger partial charge in [0.1, 0.15) is 0 Å². The lowest BCUT2D eigenvalue weighted by Gasteiger charge is -2.22. The maximum absolute atomic E-state index is 12.7. The van der Waals surface area contributed by atoms with Gasteiger partial charge < -0.3 is 4.57 Å². The van der Waals surface area contributed by atoms with E-state index in [4.69, 9.17) is 11.6 Å². The van der Waals surface area contributed by atoms with Gasteiger partial charge in [0.05, 0.1) is 24.7 Å². The maximum Gasteiger partial charge on any atom is 0.271 e. The van der Waals surface area contributed by atoms with Crippen LogP contribution in [-0.2, 0) is 16.6 Å². The van der Waals surface area contributed by atoms with Crippen LogP contribution in [0.15, 0.2) is 84.0 Å². The van der Waals surface area contributed by atoms with Crippen LogP contribution >= 0.6 is 11.6 Å². The highest BCUT2D eigenvalue weighted by Crippen LogP contribution is 2.23. The van der Waals surface area contributed by atoms with E-state index >= 15 is 0 Å². The van der Waals surface area contributed by atoms with Crippen LogP contribution in [0.25, 0.3) is 5.69 Å². The minimum Gasteiger partial charge on any atom is -0.318 e. The van der Waals surface area contributed by atoms with Gasteiger partial charge in [0, 0.05) is 33.2 Å². The number of halogens is 1. The number of nitrogens with zero attached hydrogens (tertiary/aromatic N) is 3. The van der Waals surface area contributed by atoms with Crippen molar-refractivity contribution in [2.24, 2.45) is 5.10 Å². The van der Waals surface area contributed by atoms with Crippen molar-refractivity contribution < 1.29 is 13.2 Å². The third kappa shape index (κ3) is 6.15. The molecule has 0 saturated heterocycles. The molecule has 1 amide bonds. The van der Waals surface area contributed by atoms with Crippen LogP contribution < -0.4 is 9.73 Å². The van der Waals surface area contributed by atoms with Crippen molar-refractivity contribution >= 4 is 39.4 Å². The van der Waals surface area contributed by atoms with Crippen molar-refractivity contribution in [3.05, 3.63) is 118 Å². The number of hydrogen-bond acceptors (Lipinski definition) is 4. The highest BCUT2D eigenvalue weighted by atomic mass is 35.5. The van der Waals surface area contributed by atoms with Crippen LogP contribution in [-0.4, -0.2) is 31.4 Å². The molecule has 196 valence electrons. The summed E-state index contributed by atoms with van der Waals surface area (Å²) in [6.45, 7) is 6.26. The number of sulfonamides is 1. The molecule has 0 aliphatic heterocycles. The number of anilines is 1. The molecule has 7 nitrogen and oxygen atoms in total. The molecule has 0 aliphatic rings. The second-order valence-corrected chi connectivity index (χ2v) is 11.4. The molecular weight excluding hydrogens is 520 g/mol. The van der Waals surface area contributed by atoms with Crippen molar-refractivity contribution in [1.82, 2.24) is 9.99 Å². The van der Waals surface area contributed by atoms with Crippen LogP contribution in [0.1, 0.15) is 38.4 Å². The summed E-state index contributed by atoms with van der Waals surface area (Å²) in [5.41, 5.74) is 9.39. The predicted molar refractivity (Wildman–Crippen MR) is 154 cm³/mol. The van der Waals surface area contributed by atoms with E-state index in [-0.39, 0.29) is 6.54 Å². The number of benzene rings is 3. The van der Waals surface area contributed by atoms with E-state index in [2.05, 4.69) is 34.2 Å². The standard InChI is InChI=1S/C29H29ClN4O3S/c1-20-7-5-6-8-28(20)34-21(2)17-25(22(34)3)18-31-32-29(35)24-11-15-27(16-12-24)33(38(4,36)37)19-23-9-13-26(30)14-10-23/h5-18H,19H2,1-4H3,(H,32,35)/b31-18-. The van der Waals surface area contributed by atoms with Crippen LogP contribution in [0.2, 0.25) is 5.02 Å². The second kappa shape index (κ2) is 11.2. The molecule has 4 aromatic rings. The summed E-state index contributed by atoms with van der Waals surface area (Å²) in [4.78, 5) is 12.7. The summed E-state index contributed by atoms with van der Waals surface area (Å²) >= 11 is 5.94. The monoisotopic (exact) mass is 548 g/mol. The van der Waals surface area contributed by atoms with Crippen LogP contribution in [0.5, 0.6) is 0 Å². The van der Waals surface area contributed by atoms with Gasteiger partial charge >= 0.3 is 0 Å². The second-order valence-electron chi connectivity index (χ2n) is 9.09. The lowest BCUT2D eigenvalue weighted by molar-refractivity contribution is 0.0955. The molecular formula is C29H29ClN4O3S. The first-order chi connectivity index (χ1) is 18.0. The molecule has 0 radical (unpaired) electrons. The molecule has 3 aromatic carbocycles. The molecule has 1 aromatic heterocycles. The number of carbonyl (C=O) groups excluding carboxylic acids is 1. The number of aromatic nitrogens is 1.